The number of benzene rings is 2. The molecule has 0 fully saturated rings. The van der Waals surface area contributed by atoms with E-state index < -0.39 is 0 Å². The van der Waals surface area contributed by atoms with E-state index in [1.807, 2.05) is 12.1 Å². The minimum absolute atomic E-state index is 0.0176. The molecule has 0 bridgehead atoms. The molecule has 1 aliphatic heterocycles. The van der Waals surface area contributed by atoms with Crippen molar-refractivity contribution in [2.24, 2.45) is 0 Å². The molecule has 9 heteroatoms. The lowest BCUT2D eigenvalue weighted by molar-refractivity contribution is -0.120. The molecule has 8 nitrogen and oxygen atoms in total. The molecule has 0 unspecified atom stereocenters. The van der Waals surface area contributed by atoms with Crippen LogP contribution in [0, 0.1) is 0 Å². The third kappa shape index (κ3) is 4.46. The second kappa shape index (κ2) is 8.65. The van der Waals surface area contributed by atoms with Gasteiger partial charge in [-0.05, 0) is 42.5 Å². The molecule has 0 spiro atoms. The summed E-state index contributed by atoms with van der Waals surface area (Å²) >= 11 is 1.14. The lowest BCUT2D eigenvalue weighted by Crippen LogP contribution is -2.35. The standard InChI is InChI=1S/C22H19N3O5S/c1-25-17-9-14(5-8-19(17)30-11-21(25)28)18(26)12-31-22-23-16(10-20(27)24-22)13-3-6-15(29-2)7-4-13/h3-10H,11-12H2,1-2H3,(H,23,24,27). The molecule has 1 amide bonds. The number of nitrogens with zero attached hydrogens (tertiary/aromatic N) is 2. The molecule has 0 radical (unpaired) electrons. The van der Waals surface area contributed by atoms with E-state index in [9.17, 15) is 14.4 Å². The number of anilines is 1. The van der Waals surface area contributed by atoms with Gasteiger partial charge < -0.3 is 19.4 Å². The Balaban J connectivity index is 1.50. The number of hydrogen-bond donors (Lipinski definition) is 1. The Hall–Kier alpha value is -3.59. The van der Waals surface area contributed by atoms with Gasteiger partial charge in [-0.3, -0.25) is 14.4 Å². The number of carbonyl (C=O) groups excluding carboxylic acids is 2. The van der Waals surface area contributed by atoms with Gasteiger partial charge in [-0.1, -0.05) is 11.8 Å². The van der Waals surface area contributed by atoms with Crippen molar-refractivity contribution in [1.82, 2.24) is 9.97 Å². The van der Waals surface area contributed by atoms with Gasteiger partial charge in [0.15, 0.2) is 17.5 Å². The van der Waals surface area contributed by atoms with E-state index >= 15 is 0 Å². The first-order chi connectivity index (χ1) is 14.9. The van der Waals surface area contributed by atoms with Gasteiger partial charge in [0.1, 0.15) is 11.5 Å². The van der Waals surface area contributed by atoms with E-state index in [0.717, 1.165) is 17.3 Å². The molecule has 31 heavy (non-hydrogen) atoms. The Labute approximate surface area is 182 Å². The summed E-state index contributed by atoms with van der Waals surface area (Å²) in [6.07, 6.45) is 0. The number of Topliss-reactive ketones (excluding diaryl/α,β-unsaturated/α-hetero) is 1. The molecule has 4 rings (SSSR count). The van der Waals surface area contributed by atoms with Crippen molar-refractivity contribution in [3.8, 4) is 22.8 Å². The van der Waals surface area contributed by atoms with Crippen LogP contribution in [-0.4, -0.2) is 48.2 Å². The van der Waals surface area contributed by atoms with E-state index in [4.69, 9.17) is 9.47 Å². The summed E-state index contributed by atoms with van der Waals surface area (Å²) in [5, 5.41) is 0.347. The molecule has 0 saturated heterocycles. The zero-order valence-electron chi connectivity index (χ0n) is 16.9. The van der Waals surface area contributed by atoms with Crippen molar-refractivity contribution < 1.29 is 19.1 Å². The predicted molar refractivity (Wildman–Crippen MR) is 117 cm³/mol. The van der Waals surface area contributed by atoms with Crippen LogP contribution < -0.4 is 19.9 Å². The first-order valence-corrected chi connectivity index (χ1v) is 10.4. The van der Waals surface area contributed by atoms with Crippen LogP contribution in [0.15, 0.2) is 58.5 Å². The number of fused-ring (bicyclic) bond motifs is 1. The quantitative estimate of drug-likeness (QED) is 0.359. The Bertz CT molecular complexity index is 1210. The van der Waals surface area contributed by atoms with Crippen molar-refractivity contribution in [3.63, 3.8) is 0 Å². The van der Waals surface area contributed by atoms with E-state index in [1.165, 1.54) is 11.0 Å². The Morgan fingerprint density at radius 1 is 1.19 bits per heavy atom. The highest BCUT2D eigenvalue weighted by Gasteiger charge is 2.23. The maximum absolute atomic E-state index is 12.7. The number of nitrogens with one attached hydrogen (secondary N) is 1. The van der Waals surface area contributed by atoms with Crippen LogP contribution in [-0.2, 0) is 4.79 Å². The first-order valence-electron chi connectivity index (χ1n) is 9.40. The Kier molecular flexibility index (Phi) is 5.77. The monoisotopic (exact) mass is 437 g/mol. The molecule has 1 aromatic heterocycles. The second-order valence-corrected chi connectivity index (χ2v) is 7.76. The van der Waals surface area contributed by atoms with Crippen molar-refractivity contribution in [3.05, 3.63) is 64.4 Å². The maximum atomic E-state index is 12.7. The number of ether oxygens (including phenoxy) is 2. The molecular weight excluding hydrogens is 418 g/mol. The lowest BCUT2D eigenvalue weighted by atomic mass is 10.1. The molecule has 0 saturated carbocycles. The summed E-state index contributed by atoms with van der Waals surface area (Å²) in [6.45, 7) is -0.0176. The molecular formula is C22H19N3O5S. The highest BCUT2D eigenvalue weighted by Crippen LogP contribution is 2.32. The molecule has 1 N–H and O–H groups in total. The molecule has 158 valence electrons. The van der Waals surface area contributed by atoms with Crippen LogP contribution in [0.3, 0.4) is 0 Å². The number of aromatic nitrogens is 2. The summed E-state index contributed by atoms with van der Waals surface area (Å²) in [6, 6.07) is 13.6. The van der Waals surface area contributed by atoms with Gasteiger partial charge in [-0.25, -0.2) is 4.98 Å². The summed E-state index contributed by atoms with van der Waals surface area (Å²) < 4.78 is 10.5. The zero-order valence-corrected chi connectivity index (χ0v) is 17.7. The minimum Gasteiger partial charge on any atom is -0.497 e. The molecule has 1 aliphatic rings. The average Bonchev–Trinajstić information content (AvgIpc) is 2.79. The summed E-state index contributed by atoms with van der Waals surface area (Å²) in [5.41, 5.74) is 1.97. The van der Waals surface area contributed by atoms with Crippen molar-refractivity contribution in [1.29, 1.82) is 0 Å². The molecule has 0 atom stereocenters. The second-order valence-electron chi connectivity index (χ2n) is 6.80. The highest BCUT2D eigenvalue weighted by atomic mass is 32.2. The van der Waals surface area contributed by atoms with E-state index in [1.54, 1.807) is 44.5 Å². The topological polar surface area (TPSA) is 102 Å². The fraction of sp³-hybridized carbons (Fsp3) is 0.182. The van der Waals surface area contributed by atoms with Gasteiger partial charge in [0.25, 0.3) is 11.5 Å². The van der Waals surface area contributed by atoms with Crippen molar-refractivity contribution >= 4 is 29.1 Å². The third-order valence-electron chi connectivity index (χ3n) is 4.81. The number of hydrogen-bond acceptors (Lipinski definition) is 7. The van der Waals surface area contributed by atoms with Crippen LogP contribution in [0.2, 0.25) is 0 Å². The Morgan fingerprint density at radius 2 is 1.97 bits per heavy atom. The SMILES string of the molecule is COc1ccc(-c2cc(=O)[nH]c(SCC(=O)c3ccc4c(c3)N(C)C(=O)CO4)n2)cc1. The van der Waals surface area contributed by atoms with Gasteiger partial charge in [0.2, 0.25) is 0 Å². The van der Waals surface area contributed by atoms with Crippen LogP contribution in [0.1, 0.15) is 10.4 Å². The maximum Gasteiger partial charge on any atom is 0.264 e. The number of thioether (sulfide) groups is 1. The highest BCUT2D eigenvalue weighted by molar-refractivity contribution is 7.99. The number of carbonyl (C=O) groups is 2. The fourth-order valence-electron chi connectivity index (χ4n) is 3.08. The number of aromatic amines is 1. The van der Waals surface area contributed by atoms with E-state index in [2.05, 4.69) is 9.97 Å². The number of ketones is 1. The van der Waals surface area contributed by atoms with Crippen LogP contribution in [0.25, 0.3) is 11.3 Å². The smallest absolute Gasteiger partial charge is 0.264 e. The summed E-state index contributed by atoms with van der Waals surface area (Å²) in [4.78, 5) is 45.2. The number of H-pyrrole nitrogens is 1. The lowest BCUT2D eigenvalue weighted by Gasteiger charge is -2.26. The largest absolute Gasteiger partial charge is 0.497 e. The molecule has 2 heterocycles. The fourth-order valence-corrected chi connectivity index (χ4v) is 3.85. The van der Waals surface area contributed by atoms with Crippen LogP contribution in [0.4, 0.5) is 5.69 Å². The van der Waals surface area contributed by atoms with Gasteiger partial charge in [-0.2, -0.15) is 0 Å². The number of likely N-dealkylation sites (N-methyl/N-ethyl adjacent to an activating group) is 1. The predicted octanol–water partition coefficient (Wildman–Crippen LogP) is 2.78. The van der Waals surface area contributed by atoms with Gasteiger partial charge >= 0.3 is 0 Å². The van der Waals surface area contributed by atoms with Gasteiger partial charge in [0.05, 0.1) is 24.2 Å². The minimum atomic E-state index is -0.304. The van der Waals surface area contributed by atoms with E-state index in [0.29, 0.717) is 33.6 Å². The van der Waals surface area contributed by atoms with Gasteiger partial charge in [-0.15, -0.1) is 0 Å². The number of methoxy groups -OCH3 is 1. The normalized spacial score (nSPS) is 12.8. The summed E-state index contributed by atoms with van der Waals surface area (Å²) in [7, 11) is 3.23. The van der Waals surface area contributed by atoms with Crippen LogP contribution in [0.5, 0.6) is 11.5 Å². The van der Waals surface area contributed by atoms with Crippen molar-refractivity contribution in [2.75, 3.05) is 31.4 Å². The molecule has 0 aliphatic carbocycles. The molecule has 2 aromatic carbocycles. The third-order valence-corrected chi connectivity index (χ3v) is 5.69. The van der Waals surface area contributed by atoms with E-state index in [-0.39, 0.29) is 29.6 Å². The van der Waals surface area contributed by atoms with Crippen molar-refractivity contribution in [2.45, 2.75) is 5.16 Å². The Morgan fingerprint density at radius 3 is 2.71 bits per heavy atom. The number of rotatable bonds is 6. The van der Waals surface area contributed by atoms with Gasteiger partial charge in [0, 0.05) is 24.2 Å². The first kappa shape index (κ1) is 20.7. The summed E-state index contributed by atoms with van der Waals surface area (Å²) in [5.74, 6) is 1.01. The molecule has 3 aromatic rings. The number of amides is 1. The average molecular weight is 437 g/mol. The van der Waals surface area contributed by atoms with Crippen LogP contribution >= 0.6 is 11.8 Å². The zero-order chi connectivity index (χ0) is 22.0.